The van der Waals surface area contributed by atoms with Crippen molar-refractivity contribution in [1.82, 2.24) is 14.4 Å². The van der Waals surface area contributed by atoms with Gasteiger partial charge in [0.2, 0.25) is 0 Å². The Morgan fingerprint density at radius 3 is 1.90 bits per heavy atom. The summed E-state index contributed by atoms with van der Waals surface area (Å²) >= 11 is 0. The van der Waals surface area contributed by atoms with E-state index in [-0.39, 0.29) is 30.5 Å². The Balaban J connectivity index is 1.38. The van der Waals surface area contributed by atoms with Crippen LogP contribution in [-0.2, 0) is 6.18 Å². The third-order valence-corrected chi connectivity index (χ3v) is 7.49. The number of methoxy groups -OCH3 is 2. The minimum Gasteiger partial charge on any atom is -0.497 e. The van der Waals surface area contributed by atoms with E-state index in [9.17, 15) is 22.8 Å². The number of carbonyl (C=O) groups is 2. The predicted molar refractivity (Wildman–Crippen MR) is 152 cm³/mol. The van der Waals surface area contributed by atoms with Crippen molar-refractivity contribution in [3.63, 3.8) is 0 Å². The summed E-state index contributed by atoms with van der Waals surface area (Å²) in [5.74, 6) is 0.876. The fourth-order valence-corrected chi connectivity index (χ4v) is 5.15. The first-order valence-electron chi connectivity index (χ1n) is 13.4. The largest absolute Gasteiger partial charge is 0.497 e. The van der Waals surface area contributed by atoms with Gasteiger partial charge in [0, 0.05) is 49.2 Å². The van der Waals surface area contributed by atoms with Gasteiger partial charge in [-0.05, 0) is 79.2 Å². The minimum atomic E-state index is -4.47. The molecule has 0 N–H and O–H groups in total. The quantitative estimate of drug-likeness (QED) is 0.279. The molecule has 2 amide bonds. The van der Waals surface area contributed by atoms with E-state index in [4.69, 9.17) is 9.47 Å². The van der Waals surface area contributed by atoms with E-state index in [0.717, 1.165) is 40.5 Å². The molecule has 1 saturated heterocycles. The van der Waals surface area contributed by atoms with Crippen molar-refractivity contribution in [2.75, 3.05) is 40.4 Å². The second kappa shape index (κ2) is 11.6. The second-order valence-electron chi connectivity index (χ2n) is 9.95. The first kappa shape index (κ1) is 28.8. The number of halogens is 3. The van der Waals surface area contributed by atoms with Crippen LogP contribution in [0.4, 0.5) is 13.2 Å². The van der Waals surface area contributed by atoms with Gasteiger partial charge in [-0.25, -0.2) is 0 Å². The second-order valence-corrected chi connectivity index (χ2v) is 9.95. The lowest BCUT2D eigenvalue weighted by Crippen LogP contribution is -2.50. The van der Waals surface area contributed by atoms with Crippen LogP contribution in [0.25, 0.3) is 16.9 Å². The van der Waals surface area contributed by atoms with Crippen molar-refractivity contribution in [3.8, 4) is 28.4 Å². The van der Waals surface area contributed by atoms with Crippen molar-refractivity contribution >= 4 is 11.8 Å². The average Bonchev–Trinajstić information content (AvgIpc) is 3.36. The molecule has 218 valence electrons. The van der Waals surface area contributed by atoms with E-state index in [1.54, 1.807) is 24.0 Å². The van der Waals surface area contributed by atoms with Gasteiger partial charge in [-0.2, -0.15) is 13.2 Å². The highest BCUT2D eigenvalue weighted by Crippen LogP contribution is 2.33. The molecule has 1 aromatic heterocycles. The first-order valence-corrected chi connectivity index (χ1v) is 13.4. The first-order chi connectivity index (χ1) is 20.1. The number of piperazine rings is 1. The van der Waals surface area contributed by atoms with Gasteiger partial charge in [0.25, 0.3) is 11.8 Å². The molecule has 10 heteroatoms. The number of alkyl halides is 3. The van der Waals surface area contributed by atoms with Gasteiger partial charge in [0.05, 0.1) is 31.0 Å². The summed E-state index contributed by atoms with van der Waals surface area (Å²) in [7, 11) is 3.20. The number of ether oxygens (including phenoxy) is 2. The van der Waals surface area contributed by atoms with Gasteiger partial charge in [0.15, 0.2) is 0 Å². The van der Waals surface area contributed by atoms with Gasteiger partial charge in [-0.1, -0.05) is 6.07 Å². The van der Waals surface area contributed by atoms with Crippen molar-refractivity contribution in [1.29, 1.82) is 0 Å². The lowest BCUT2D eigenvalue weighted by atomic mass is 10.1. The summed E-state index contributed by atoms with van der Waals surface area (Å²) < 4.78 is 51.5. The third kappa shape index (κ3) is 5.70. The molecule has 0 atom stereocenters. The van der Waals surface area contributed by atoms with Crippen LogP contribution in [0, 0.1) is 6.92 Å². The Kier molecular flexibility index (Phi) is 7.98. The number of amides is 2. The molecular formula is C32H30F3N3O4. The van der Waals surface area contributed by atoms with Crippen LogP contribution < -0.4 is 9.47 Å². The highest BCUT2D eigenvalue weighted by Gasteiger charge is 2.32. The van der Waals surface area contributed by atoms with Crippen LogP contribution in [0.3, 0.4) is 0 Å². The molecule has 0 spiro atoms. The van der Waals surface area contributed by atoms with Crippen LogP contribution >= 0.6 is 0 Å². The van der Waals surface area contributed by atoms with E-state index < -0.39 is 11.7 Å². The molecule has 7 nitrogen and oxygen atoms in total. The summed E-state index contributed by atoms with van der Waals surface area (Å²) in [5.41, 5.74) is 3.21. The standard InChI is InChI=1S/C32H30F3N3O4/c1-21-28(20-29(22-9-13-26(41-2)14-10-22)38(21)25-5-4-6-27(19-25)42-3)31(40)37-17-15-36(16-18-37)30(39)23-7-11-24(12-8-23)32(33,34)35/h4-14,19-20H,15-18H2,1-3H3. The van der Waals surface area contributed by atoms with Gasteiger partial charge in [-0.15, -0.1) is 0 Å². The van der Waals surface area contributed by atoms with Gasteiger partial charge in [0.1, 0.15) is 11.5 Å². The monoisotopic (exact) mass is 577 g/mol. The Bertz CT molecular complexity index is 1590. The smallest absolute Gasteiger partial charge is 0.416 e. The Labute approximate surface area is 241 Å². The number of rotatable bonds is 6. The Morgan fingerprint density at radius 1 is 0.738 bits per heavy atom. The molecule has 42 heavy (non-hydrogen) atoms. The lowest BCUT2D eigenvalue weighted by Gasteiger charge is -2.35. The highest BCUT2D eigenvalue weighted by atomic mass is 19.4. The number of hydrogen-bond donors (Lipinski definition) is 0. The van der Waals surface area contributed by atoms with Gasteiger partial charge >= 0.3 is 6.18 Å². The van der Waals surface area contributed by atoms with Crippen LogP contribution in [0.2, 0.25) is 0 Å². The number of aromatic nitrogens is 1. The number of benzene rings is 3. The summed E-state index contributed by atoms with van der Waals surface area (Å²) in [5, 5.41) is 0. The Hall–Kier alpha value is -4.73. The minimum absolute atomic E-state index is 0.162. The molecule has 2 heterocycles. The van der Waals surface area contributed by atoms with Crippen LogP contribution in [-0.4, -0.2) is 66.6 Å². The maximum Gasteiger partial charge on any atom is 0.416 e. The maximum absolute atomic E-state index is 13.8. The molecule has 4 aromatic rings. The summed E-state index contributed by atoms with van der Waals surface area (Å²) in [4.78, 5) is 30.0. The molecule has 0 radical (unpaired) electrons. The summed E-state index contributed by atoms with van der Waals surface area (Å²) in [6.45, 7) is 3.03. The fraction of sp³-hybridized carbons (Fsp3) is 0.250. The molecule has 1 aliphatic heterocycles. The SMILES string of the molecule is COc1ccc(-c2cc(C(=O)N3CCN(C(=O)c4ccc(C(F)(F)F)cc4)CC3)c(C)n2-c2cccc(OC)c2)cc1. The van der Waals surface area contributed by atoms with E-state index in [1.807, 2.05) is 66.1 Å². The highest BCUT2D eigenvalue weighted by molar-refractivity contribution is 5.98. The van der Waals surface area contributed by atoms with E-state index in [0.29, 0.717) is 24.4 Å². The van der Waals surface area contributed by atoms with Gasteiger partial charge in [-0.3, -0.25) is 9.59 Å². The number of hydrogen-bond acceptors (Lipinski definition) is 4. The molecule has 3 aromatic carbocycles. The lowest BCUT2D eigenvalue weighted by molar-refractivity contribution is -0.137. The number of nitrogens with zero attached hydrogens (tertiary/aromatic N) is 3. The summed E-state index contributed by atoms with van der Waals surface area (Å²) in [6.07, 6.45) is -4.47. The zero-order valence-electron chi connectivity index (χ0n) is 23.4. The maximum atomic E-state index is 13.8. The van der Waals surface area contributed by atoms with Crippen molar-refractivity contribution in [2.45, 2.75) is 13.1 Å². The molecule has 1 fully saturated rings. The zero-order chi connectivity index (χ0) is 30.0. The van der Waals surface area contributed by atoms with Crippen LogP contribution in [0.1, 0.15) is 32.0 Å². The normalized spacial score (nSPS) is 13.7. The molecule has 0 aliphatic carbocycles. The predicted octanol–water partition coefficient (Wildman–Crippen LogP) is 6.09. The van der Waals surface area contributed by atoms with E-state index >= 15 is 0 Å². The average molecular weight is 578 g/mol. The van der Waals surface area contributed by atoms with E-state index in [1.165, 1.54) is 12.1 Å². The molecule has 1 aliphatic rings. The van der Waals surface area contributed by atoms with Crippen LogP contribution in [0.15, 0.2) is 78.9 Å². The molecule has 5 rings (SSSR count). The van der Waals surface area contributed by atoms with Gasteiger partial charge < -0.3 is 23.8 Å². The third-order valence-electron chi connectivity index (χ3n) is 7.49. The Morgan fingerprint density at radius 2 is 1.33 bits per heavy atom. The zero-order valence-corrected chi connectivity index (χ0v) is 23.4. The van der Waals surface area contributed by atoms with Crippen LogP contribution in [0.5, 0.6) is 11.5 Å². The molecule has 0 unspecified atom stereocenters. The molecule has 0 saturated carbocycles. The number of carbonyl (C=O) groups excluding carboxylic acids is 2. The molecular weight excluding hydrogens is 547 g/mol. The van der Waals surface area contributed by atoms with Crippen molar-refractivity contribution < 1.29 is 32.2 Å². The van der Waals surface area contributed by atoms with E-state index in [2.05, 4.69) is 0 Å². The van der Waals surface area contributed by atoms with Crippen molar-refractivity contribution in [2.24, 2.45) is 0 Å². The molecule has 0 bridgehead atoms. The summed E-state index contributed by atoms with van der Waals surface area (Å²) in [6, 6.07) is 21.3. The fourth-order valence-electron chi connectivity index (χ4n) is 5.15. The topological polar surface area (TPSA) is 64.0 Å². The van der Waals surface area contributed by atoms with Crippen molar-refractivity contribution in [3.05, 3.63) is 101 Å².